The lowest BCUT2D eigenvalue weighted by Gasteiger charge is -2.20. The molecule has 0 aliphatic carbocycles. The van der Waals surface area contributed by atoms with Crippen molar-refractivity contribution in [3.8, 4) is 0 Å². The van der Waals surface area contributed by atoms with E-state index in [-0.39, 0.29) is 17.7 Å². The molecule has 0 amide bonds. The van der Waals surface area contributed by atoms with Crippen LogP contribution in [0.15, 0.2) is 29.3 Å². The number of rotatable bonds is 9. The molecule has 134 valence electrons. The highest BCUT2D eigenvalue weighted by Gasteiger charge is 2.24. The van der Waals surface area contributed by atoms with E-state index in [0.29, 0.717) is 17.5 Å². The van der Waals surface area contributed by atoms with E-state index in [1.807, 2.05) is 33.2 Å². The van der Waals surface area contributed by atoms with Gasteiger partial charge in [-0.15, -0.1) is 0 Å². The van der Waals surface area contributed by atoms with Crippen LogP contribution in [0.1, 0.15) is 13.3 Å². The van der Waals surface area contributed by atoms with Gasteiger partial charge in [-0.2, -0.15) is 5.10 Å². The van der Waals surface area contributed by atoms with Crippen molar-refractivity contribution in [2.45, 2.75) is 24.5 Å². The Morgan fingerprint density at radius 3 is 2.71 bits per heavy atom. The van der Waals surface area contributed by atoms with E-state index in [9.17, 15) is 8.42 Å². The standard InChI is InChI=1S/C16H26N4O3S/c1-5-23-13(10-11-19(2)3)12-17-24(21,22)16-14-8-6-7-9-15(14)18-20(16)4/h6-9,13,17H,5,10-12H2,1-4H3. The van der Waals surface area contributed by atoms with Crippen molar-refractivity contribution in [1.29, 1.82) is 0 Å². The second-order valence-electron chi connectivity index (χ2n) is 5.97. The van der Waals surface area contributed by atoms with Gasteiger partial charge < -0.3 is 9.64 Å². The lowest BCUT2D eigenvalue weighted by molar-refractivity contribution is 0.0554. The molecule has 0 aliphatic rings. The molecule has 1 aromatic carbocycles. The number of fused-ring (bicyclic) bond motifs is 1. The van der Waals surface area contributed by atoms with Gasteiger partial charge in [-0.3, -0.25) is 4.68 Å². The van der Waals surface area contributed by atoms with E-state index in [1.165, 1.54) is 4.68 Å². The molecule has 1 aromatic heterocycles. The van der Waals surface area contributed by atoms with Crippen LogP contribution in [-0.4, -0.2) is 63.0 Å². The number of benzene rings is 1. The van der Waals surface area contributed by atoms with Crippen LogP contribution in [0.3, 0.4) is 0 Å². The lowest BCUT2D eigenvalue weighted by Crippen LogP contribution is -2.36. The second-order valence-corrected chi connectivity index (χ2v) is 7.65. The molecule has 8 heteroatoms. The first kappa shape index (κ1) is 18.9. The smallest absolute Gasteiger partial charge is 0.258 e. The molecule has 1 N–H and O–H groups in total. The van der Waals surface area contributed by atoms with Gasteiger partial charge in [0.25, 0.3) is 10.0 Å². The van der Waals surface area contributed by atoms with Crippen molar-refractivity contribution in [3.63, 3.8) is 0 Å². The van der Waals surface area contributed by atoms with Gasteiger partial charge in [0.15, 0.2) is 5.03 Å². The van der Waals surface area contributed by atoms with E-state index in [2.05, 4.69) is 14.7 Å². The Morgan fingerprint density at radius 2 is 2.04 bits per heavy atom. The Balaban J connectivity index is 2.16. The third-order valence-electron chi connectivity index (χ3n) is 3.74. The second kappa shape index (κ2) is 8.06. The molecule has 1 heterocycles. The molecular weight excluding hydrogens is 328 g/mol. The van der Waals surface area contributed by atoms with E-state index >= 15 is 0 Å². The summed E-state index contributed by atoms with van der Waals surface area (Å²) in [5, 5.41) is 5.06. The molecule has 0 saturated carbocycles. The summed E-state index contributed by atoms with van der Waals surface area (Å²) in [4.78, 5) is 2.05. The fourth-order valence-corrected chi connectivity index (χ4v) is 3.99. The monoisotopic (exact) mass is 354 g/mol. The zero-order valence-corrected chi connectivity index (χ0v) is 15.5. The maximum absolute atomic E-state index is 12.7. The Morgan fingerprint density at radius 1 is 1.33 bits per heavy atom. The summed E-state index contributed by atoms with van der Waals surface area (Å²) in [6.45, 7) is 3.53. The summed E-state index contributed by atoms with van der Waals surface area (Å²) in [6, 6.07) is 7.21. The Labute approximate surface area is 143 Å². The van der Waals surface area contributed by atoms with Gasteiger partial charge in [0.05, 0.1) is 11.6 Å². The average Bonchev–Trinajstić information content (AvgIpc) is 2.86. The molecule has 1 unspecified atom stereocenters. The van der Waals surface area contributed by atoms with Gasteiger partial charge in [-0.05, 0) is 39.6 Å². The normalized spacial score (nSPS) is 13.7. The van der Waals surface area contributed by atoms with Gasteiger partial charge in [-0.25, -0.2) is 13.1 Å². The minimum atomic E-state index is -3.67. The van der Waals surface area contributed by atoms with Crippen LogP contribution in [0.25, 0.3) is 10.9 Å². The maximum atomic E-state index is 12.7. The molecule has 1 atom stereocenters. The number of hydrogen-bond donors (Lipinski definition) is 1. The molecule has 0 radical (unpaired) electrons. The van der Waals surface area contributed by atoms with Gasteiger partial charge >= 0.3 is 0 Å². The third kappa shape index (κ3) is 4.54. The molecule has 2 aromatic rings. The molecule has 7 nitrogen and oxygen atoms in total. The highest BCUT2D eigenvalue weighted by molar-refractivity contribution is 7.89. The van der Waals surface area contributed by atoms with Gasteiger partial charge in [-0.1, -0.05) is 12.1 Å². The highest BCUT2D eigenvalue weighted by Crippen LogP contribution is 2.21. The quantitative estimate of drug-likeness (QED) is 0.732. The number of ether oxygens (including phenoxy) is 1. The molecule has 0 saturated heterocycles. The lowest BCUT2D eigenvalue weighted by atomic mass is 10.2. The van der Waals surface area contributed by atoms with Crippen molar-refractivity contribution >= 4 is 20.9 Å². The van der Waals surface area contributed by atoms with E-state index in [4.69, 9.17) is 4.74 Å². The third-order valence-corrected chi connectivity index (χ3v) is 5.28. The number of nitrogens with zero attached hydrogens (tertiary/aromatic N) is 3. The van der Waals surface area contributed by atoms with Crippen LogP contribution >= 0.6 is 0 Å². The maximum Gasteiger partial charge on any atom is 0.258 e. The predicted octanol–water partition coefficient (Wildman–Crippen LogP) is 1.21. The topological polar surface area (TPSA) is 76.5 Å². The van der Waals surface area contributed by atoms with Crippen molar-refractivity contribution in [2.75, 3.05) is 33.8 Å². The van der Waals surface area contributed by atoms with Crippen molar-refractivity contribution in [1.82, 2.24) is 19.4 Å². The van der Waals surface area contributed by atoms with Crippen LogP contribution in [0.5, 0.6) is 0 Å². The van der Waals surface area contributed by atoms with E-state index in [1.54, 1.807) is 19.2 Å². The number of aryl methyl sites for hydroxylation is 1. The van der Waals surface area contributed by atoms with Gasteiger partial charge in [0.1, 0.15) is 0 Å². The van der Waals surface area contributed by atoms with Crippen LogP contribution in [-0.2, 0) is 21.8 Å². The summed E-state index contributed by atoms with van der Waals surface area (Å²) < 4.78 is 35.2. The SMILES string of the molecule is CCOC(CCN(C)C)CNS(=O)(=O)c1c2ccccc2nn1C. The summed E-state index contributed by atoms with van der Waals surface area (Å²) in [5.74, 6) is 0. The molecule has 0 bridgehead atoms. The summed E-state index contributed by atoms with van der Waals surface area (Å²) in [6.07, 6.45) is 0.599. The molecule has 0 fully saturated rings. The minimum absolute atomic E-state index is 0.160. The van der Waals surface area contributed by atoms with Crippen molar-refractivity contribution in [2.24, 2.45) is 7.05 Å². The molecule has 2 rings (SSSR count). The Kier molecular flexibility index (Phi) is 6.34. The minimum Gasteiger partial charge on any atom is -0.377 e. The first-order valence-corrected chi connectivity index (χ1v) is 9.51. The van der Waals surface area contributed by atoms with E-state index in [0.717, 1.165) is 13.0 Å². The number of hydrogen-bond acceptors (Lipinski definition) is 5. The number of sulfonamides is 1. The molecule has 0 aliphatic heterocycles. The van der Waals surface area contributed by atoms with E-state index < -0.39 is 10.0 Å². The van der Waals surface area contributed by atoms with Gasteiger partial charge in [0.2, 0.25) is 0 Å². The summed E-state index contributed by atoms with van der Waals surface area (Å²) >= 11 is 0. The fourth-order valence-electron chi connectivity index (χ4n) is 2.59. The first-order chi connectivity index (χ1) is 11.3. The molecular formula is C16H26N4O3S. The molecule has 0 spiro atoms. The number of aromatic nitrogens is 2. The van der Waals surface area contributed by atoms with Crippen LogP contribution < -0.4 is 4.72 Å². The predicted molar refractivity (Wildman–Crippen MR) is 94.5 cm³/mol. The van der Waals surface area contributed by atoms with Crippen LogP contribution in [0.2, 0.25) is 0 Å². The summed E-state index contributed by atoms with van der Waals surface area (Å²) in [7, 11) is 1.93. The Hall–Kier alpha value is -1.48. The largest absolute Gasteiger partial charge is 0.377 e. The van der Waals surface area contributed by atoms with Crippen molar-refractivity contribution < 1.29 is 13.2 Å². The average molecular weight is 354 g/mol. The Bertz CT molecular complexity index is 771. The zero-order valence-electron chi connectivity index (χ0n) is 14.7. The van der Waals surface area contributed by atoms with Gasteiger partial charge in [0, 0.05) is 32.1 Å². The fraction of sp³-hybridized carbons (Fsp3) is 0.562. The number of nitrogens with one attached hydrogen (secondary N) is 1. The summed E-state index contributed by atoms with van der Waals surface area (Å²) in [5.41, 5.74) is 0.661. The van der Waals surface area contributed by atoms with Crippen LogP contribution in [0, 0.1) is 0 Å². The van der Waals surface area contributed by atoms with Crippen LogP contribution in [0.4, 0.5) is 0 Å². The zero-order chi connectivity index (χ0) is 17.7. The first-order valence-electron chi connectivity index (χ1n) is 8.03. The molecule has 24 heavy (non-hydrogen) atoms. The highest BCUT2D eigenvalue weighted by atomic mass is 32.2. The van der Waals surface area contributed by atoms with Crippen molar-refractivity contribution in [3.05, 3.63) is 24.3 Å².